The standard InChI is InChI=1S/C16H21NO2.C4H10O.C2H6.CH4/c1-2-7-14-10-6-11-16(14,17)15(18)19-12-13-8-4-3-5-9-13;1-3-4-5-2;1-2;/h2-5,8-9,14H,1,6-7,10-12,17H2;3-4H2,1-2H3;1-2H3;1H4. The van der Waals surface area contributed by atoms with Crippen molar-refractivity contribution in [3.8, 4) is 0 Å². The van der Waals surface area contributed by atoms with Crippen molar-refractivity contribution >= 4 is 5.97 Å². The molecular weight excluding hydrogens is 338 g/mol. The zero-order valence-electron chi connectivity index (χ0n) is 17.0. The van der Waals surface area contributed by atoms with Gasteiger partial charge in [-0.15, -0.1) is 6.58 Å². The Morgan fingerprint density at radius 3 is 2.44 bits per heavy atom. The zero-order valence-corrected chi connectivity index (χ0v) is 17.0. The van der Waals surface area contributed by atoms with Crippen LogP contribution in [0, 0.1) is 5.92 Å². The minimum atomic E-state index is -0.830. The minimum absolute atomic E-state index is 0. The molecule has 2 rings (SSSR count). The van der Waals surface area contributed by atoms with Crippen LogP contribution in [-0.2, 0) is 20.9 Å². The molecule has 27 heavy (non-hydrogen) atoms. The number of allylic oxidation sites excluding steroid dienone is 1. The van der Waals surface area contributed by atoms with Crippen LogP contribution in [0.5, 0.6) is 0 Å². The summed E-state index contributed by atoms with van der Waals surface area (Å²) in [5, 5.41) is 0. The lowest BCUT2D eigenvalue weighted by Gasteiger charge is -2.28. The number of hydrogen-bond donors (Lipinski definition) is 1. The third-order valence-electron chi connectivity index (χ3n) is 4.32. The van der Waals surface area contributed by atoms with Crippen molar-refractivity contribution in [2.75, 3.05) is 13.7 Å². The first-order valence-electron chi connectivity index (χ1n) is 9.68. The van der Waals surface area contributed by atoms with E-state index in [1.54, 1.807) is 7.11 Å². The first-order valence-corrected chi connectivity index (χ1v) is 9.68. The van der Waals surface area contributed by atoms with E-state index in [0.29, 0.717) is 13.0 Å². The number of rotatable bonds is 7. The minimum Gasteiger partial charge on any atom is -0.459 e. The van der Waals surface area contributed by atoms with Gasteiger partial charge in [-0.2, -0.15) is 0 Å². The summed E-state index contributed by atoms with van der Waals surface area (Å²) in [5.41, 5.74) is 6.43. The number of ether oxygens (including phenoxy) is 2. The first-order chi connectivity index (χ1) is 12.6. The predicted octanol–water partition coefficient (Wildman–Crippen LogP) is 5.51. The molecule has 0 amide bonds. The molecule has 2 atom stereocenters. The van der Waals surface area contributed by atoms with Crippen molar-refractivity contribution in [3.63, 3.8) is 0 Å². The molecule has 0 bridgehead atoms. The number of methoxy groups -OCH3 is 1. The van der Waals surface area contributed by atoms with Crippen LogP contribution in [0.15, 0.2) is 43.0 Å². The van der Waals surface area contributed by atoms with Gasteiger partial charge in [0.25, 0.3) is 0 Å². The second kappa shape index (κ2) is 16.5. The molecule has 1 aromatic carbocycles. The van der Waals surface area contributed by atoms with Gasteiger partial charge < -0.3 is 15.2 Å². The molecule has 0 spiro atoms. The molecule has 0 heterocycles. The molecule has 2 unspecified atom stereocenters. The van der Waals surface area contributed by atoms with E-state index >= 15 is 0 Å². The Hall–Kier alpha value is -1.65. The quantitative estimate of drug-likeness (QED) is 0.501. The monoisotopic (exact) mass is 379 g/mol. The highest BCUT2D eigenvalue weighted by atomic mass is 16.5. The average Bonchev–Trinajstić information content (AvgIpc) is 3.06. The van der Waals surface area contributed by atoms with Crippen LogP contribution < -0.4 is 5.73 Å². The number of carbonyl (C=O) groups is 1. The van der Waals surface area contributed by atoms with Gasteiger partial charge in [-0.25, -0.2) is 0 Å². The maximum atomic E-state index is 12.2. The number of esters is 1. The Labute approximate surface area is 167 Å². The topological polar surface area (TPSA) is 61.6 Å². The molecule has 2 N–H and O–H groups in total. The van der Waals surface area contributed by atoms with E-state index in [9.17, 15) is 4.79 Å². The predicted molar refractivity (Wildman–Crippen MR) is 116 cm³/mol. The third kappa shape index (κ3) is 9.73. The van der Waals surface area contributed by atoms with Gasteiger partial charge in [0.1, 0.15) is 12.1 Å². The molecule has 0 aliphatic heterocycles. The molecule has 0 saturated heterocycles. The van der Waals surface area contributed by atoms with Crippen molar-refractivity contribution in [2.24, 2.45) is 11.7 Å². The van der Waals surface area contributed by atoms with E-state index in [1.165, 1.54) is 0 Å². The molecule has 0 radical (unpaired) electrons. The van der Waals surface area contributed by atoms with Crippen LogP contribution in [0.4, 0.5) is 0 Å². The van der Waals surface area contributed by atoms with Crippen LogP contribution in [0.3, 0.4) is 0 Å². The molecule has 1 aliphatic carbocycles. The Kier molecular flexibility index (Phi) is 16.9. The van der Waals surface area contributed by atoms with Gasteiger partial charge in [-0.05, 0) is 37.2 Å². The lowest BCUT2D eigenvalue weighted by Crippen LogP contribution is -2.51. The van der Waals surface area contributed by atoms with Crippen molar-refractivity contribution in [1.29, 1.82) is 0 Å². The first kappa shape index (κ1) is 27.6. The highest BCUT2D eigenvalue weighted by molar-refractivity contribution is 5.81. The van der Waals surface area contributed by atoms with Gasteiger partial charge in [0.15, 0.2) is 0 Å². The number of hydrogen-bond acceptors (Lipinski definition) is 4. The maximum absolute atomic E-state index is 12.2. The van der Waals surface area contributed by atoms with Crippen LogP contribution in [0.25, 0.3) is 0 Å². The van der Waals surface area contributed by atoms with Crippen molar-refractivity contribution in [1.82, 2.24) is 0 Å². The molecule has 156 valence electrons. The molecule has 4 heteroatoms. The third-order valence-corrected chi connectivity index (χ3v) is 4.32. The summed E-state index contributed by atoms with van der Waals surface area (Å²) < 4.78 is 10.1. The van der Waals surface area contributed by atoms with Gasteiger partial charge in [-0.3, -0.25) is 4.79 Å². The highest BCUT2D eigenvalue weighted by Crippen LogP contribution is 2.37. The molecule has 1 aliphatic rings. The largest absolute Gasteiger partial charge is 0.459 e. The van der Waals surface area contributed by atoms with E-state index in [2.05, 4.69) is 13.5 Å². The summed E-state index contributed by atoms with van der Waals surface area (Å²) in [5.74, 6) is -0.117. The fraction of sp³-hybridized carbons (Fsp3) is 0.609. The smallest absolute Gasteiger partial charge is 0.326 e. The fourth-order valence-corrected chi connectivity index (χ4v) is 2.96. The van der Waals surface area contributed by atoms with E-state index < -0.39 is 5.54 Å². The number of benzene rings is 1. The Balaban J connectivity index is 0. The van der Waals surface area contributed by atoms with Crippen molar-refractivity contribution < 1.29 is 14.3 Å². The van der Waals surface area contributed by atoms with Gasteiger partial charge in [-0.1, -0.05) is 71.0 Å². The highest BCUT2D eigenvalue weighted by Gasteiger charge is 2.46. The normalized spacial score (nSPS) is 20.1. The second-order valence-electron chi connectivity index (χ2n) is 6.21. The lowest BCUT2D eigenvalue weighted by molar-refractivity contribution is -0.153. The van der Waals surface area contributed by atoms with Crippen LogP contribution in [0.2, 0.25) is 0 Å². The van der Waals surface area contributed by atoms with Gasteiger partial charge in [0.2, 0.25) is 0 Å². The summed E-state index contributed by atoms with van der Waals surface area (Å²) in [6.45, 7) is 11.0. The van der Waals surface area contributed by atoms with Gasteiger partial charge in [0, 0.05) is 13.7 Å². The summed E-state index contributed by atoms with van der Waals surface area (Å²) in [4.78, 5) is 12.2. The summed E-state index contributed by atoms with van der Waals surface area (Å²) >= 11 is 0. The van der Waals surface area contributed by atoms with E-state index in [4.69, 9.17) is 15.2 Å². The number of carbonyl (C=O) groups excluding carboxylic acids is 1. The Morgan fingerprint density at radius 1 is 1.33 bits per heavy atom. The molecule has 1 saturated carbocycles. The van der Waals surface area contributed by atoms with Crippen molar-refractivity contribution in [3.05, 3.63) is 48.6 Å². The van der Waals surface area contributed by atoms with E-state index in [-0.39, 0.29) is 19.3 Å². The van der Waals surface area contributed by atoms with E-state index in [1.807, 2.05) is 50.3 Å². The van der Waals surface area contributed by atoms with Gasteiger partial charge >= 0.3 is 5.97 Å². The average molecular weight is 380 g/mol. The second-order valence-corrected chi connectivity index (χ2v) is 6.21. The summed E-state index contributed by atoms with van der Waals surface area (Å²) in [7, 11) is 1.71. The molecular formula is C23H41NO3. The SMILES string of the molecule is C.C=CCC1CCCC1(N)C(=O)OCc1ccccc1.CC.CCCOC. The summed E-state index contributed by atoms with van der Waals surface area (Å²) in [6.07, 6.45) is 6.40. The maximum Gasteiger partial charge on any atom is 0.326 e. The molecule has 1 fully saturated rings. The van der Waals surface area contributed by atoms with E-state index in [0.717, 1.165) is 37.9 Å². The van der Waals surface area contributed by atoms with Gasteiger partial charge in [0.05, 0.1) is 0 Å². The van der Waals surface area contributed by atoms with Crippen molar-refractivity contribution in [2.45, 2.75) is 72.4 Å². The fourth-order valence-electron chi connectivity index (χ4n) is 2.96. The summed E-state index contributed by atoms with van der Waals surface area (Å²) in [6, 6.07) is 9.67. The molecule has 4 nitrogen and oxygen atoms in total. The van der Waals surface area contributed by atoms with Crippen LogP contribution in [-0.4, -0.2) is 25.2 Å². The zero-order chi connectivity index (χ0) is 19.8. The van der Waals surface area contributed by atoms with Crippen LogP contribution >= 0.6 is 0 Å². The molecule has 0 aromatic heterocycles. The Bertz CT molecular complexity index is 488. The molecule has 1 aromatic rings. The lowest BCUT2D eigenvalue weighted by atomic mass is 9.86. The van der Waals surface area contributed by atoms with Crippen LogP contribution in [0.1, 0.15) is 65.9 Å². The Morgan fingerprint density at radius 2 is 1.96 bits per heavy atom. The number of nitrogens with two attached hydrogens (primary N) is 1.